The number of fused-ring (bicyclic) bond motifs is 1. The molecule has 0 radical (unpaired) electrons. The zero-order valence-corrected chi connectivity index (χ0v) is 24.5. The third-order valence-electron chi connectivity index (χ3n) is 6.30. The molecule has 47 heavy (non-hydrogen) atoms. The maximum absolute atomic E-state index is 13.9. The summed E-state index contributed by atoms with van der Waals surface area (Å²) >= 11 is 0. The molecule has 1 heterocycles. The van der Waals surface area contributed by atoms with Gasteiger partial charge in [-0.15, -0.1) is 0 Å². The first-order chi connectivity index (χ1) is 21.8. The summed E-state index contributed by atoms with van der Waals surface area (Å²) in [5, 5.41) is 21.3. The molecule has 1 fully saturated rings. The molecule has 0 aliphatic heterocycles. The van der Waals surface area contributed by atoms with Crippen molar-refractivity contribution >= 4 is 40.5 Å². The summed E-state index contributed by atoms with van der Waals surface area (Å²) in [6.45, 7) is 2.03. The number of hydrogen-bond donors (Lipinski definition) is 6. The predicted octanol–water partition coefficient (Wildman–Crippen LogP) is 4.27. The van der Waals surface area contributed by atoms with E-state index in [4.69, 9.17) is 31.3 Å². The van der Waals surface area contributed by atoms with Crippen LogP contribution in [0.4, 0.5) is 36.6 Å². The first kappa shape index (κ1) is 38.0. The molecule has 1 amide bonds. The number of halogens is 7. The number of aryl methyl sites for hydroxylation is 1. The molecular formula is C28H30F7N7O5. The van der Waals surface area contributed by atoms with Crippen LogP contribution in [0.1, 0.15) is 47.4 Å². The van der Waals surface area contributed by atoms with Gasteiger partial charge in [0.15, 0.2) is 5.96 Å². The van der Waals surface area contributed by atoms with Crippen molar-refractivity contribution in [1.82, 2.24) is 15.3 Å². The van der Waals surface area contributed by atoms with Gasteiger partial charge in [0.1, 0.15) is 11.6 Å². The number of hydrogen-bond acceptors (Lipinski definition) is 7. The van der Waals surface area contributed by atoms with Gasteiger partial charge >= 0.3 is 24.3 Å². The summed E-state index contributed by atoms with van der Waals surface area (Å²) in [4.78, 5) is 44.0. The number of nitrogens with zero attached hydrogens (tertiary/aromatic N) is 3. The summed E-state index contributed by atoms with van der Waals surface area (Å²) in [5.74, 6) is -5.74. The summed E-state index contributed by atoms with van der Waals surface area (Å²) in [7, 11) is 0. The van der Waals surface area contributed by atoms with E-state index in [1.165, 1.54) is 6.07 Å². The average Bonchev–Trinajstić information content (AvgIpc) is 2.97. The number of carbonyl (C=O) groups excluding carboxylic acids is 1. The van der Waals surface area contributed by atoms with Gasteiger partial charge in [-0.1, -0.05) is 42.7 Å². The quantitative estimate of drug-likeness (QED) is 0.124. The number of rotatable bonds is 6. The monoisotopic (exact) mass is 677 g/mol. The SMILES string of the molecule is Cc1ccc2nc(C(=O)NCc3ccccc3F)nc(NC3CCCCC3N=C(N)N)c2c1.O=C(O)C(F)(F)F.O=C(O)C(F)(F)F. The number of anilines is 1. The van der Waals surface area contributed by atoms with Gasteiger partial charge in [-0.05, 0) is 38.0 Å². The number of carbonyl (C=O) groups is 3. The van der Waals surface area contributed by atoms with Crippen molar-refractivity contribution in [3.05, 3.63) is 65.2 Å². The topological polar surface area (TPSA) is 206 Å². The summed E-state index contributed by atoms with van der Waals surface area (Å²) in [5.41, 5.74) is 13.4. The van der Waals surface area contributed by atoms with E-state index in [2.05, 4.69) is 25.6 Å². The van der Waals surface area contributed by atoms with Crippen LogP contribution in [0.3, 0.4) is 0 Å². The van der Waals surface area contributed by atoms with Crippen LogP contribution in [-0.2, 0) is 16.1 Å². The highest BCUT2D eigenvalue weighted by atomic mass is 19.4. The van der Waals surface area contributed by atoms with Gasteiger partial charge in [-0.3, -0.25) is 4.79 Å². The van der Waals surface area contributed by atoms with Crippen LogP contribution in [-0.4, -0.2) is 68.4 Å². The number of alkyl halides is 6. The Labute approximate surface area is 262 Å². The minimum Gasteiger partial charge on any atom is -0.475 e. The number of aromatic nitrogens is 2. The number of aliphatic imine (C=N–C) groups is 1. The van der Waals surface area contributed by atoms with Gasteiger partial charge in [0.05, 0.1) is 17.6 Å². The van der Waals surface area contributed by atoms with Gasteiger partial charge < -0.3 is 32.3 Å². The molecular weight excluding hydrogens is 647 g/mol. The standard InChI is InChI=1S/C24H28FN7O.2C2HF3O2/c1-14-10-11-18-16(12-14)21(30-19-8-4-5-9-20(19)31-24(26)27)32-22(29-18)23(33)28-13-15-6-2-3-7-17(15)25;2*3-2(4,5)1(6)7/h2-3,6-7,10-12,19-20H,4-5,8-9,13H2,1H3,(H,28,33)(H4,26,27,31)(H,29,30,32);2*(H,6,7). The molecule has 1 aliphatic rings. The lowest BCUT2D eigenvalue weighted by Crippen LogP contribution is -2.38. The Morgan fingerprint density at radius 2 is 1.51 bits per heavy atom. The highest BCUT2D eigenvalue weighted by molar-refractivity contribution is 5.96. The van der Waals surface area contributed by atoms with Crippen LogP contribution in [0.5, 0.6) is 0 Å². The Balaban J connectivity index is 0.000000459. The lowest BCUT2D eigenvalue weighted by molar-refractivity contribution is -0.193. The minimum absolute atomic E-state index is 0.0133. The number of carboxylic acid groups (broad SMARTS) is 2. The van der Waals surface area contributed by atoms with E-state index in [1.807, 2.05) is 25.1 Å². The van der Waals surface area contributed by atoms with Crippen LogP contribution >= 0.6 is 0 Å². The molecule has 256 valence electrons. The fourth-order valence-electron chi connectivity index (χ4n) is 4.15. The van der Waals surface area contributed by atoms with Crippen LogP contribution in [0.2, 0.25) is 0 Å². The average molecular weight is 678 g/mol. The molecule has 0 spiro atoms. The molecule has 1 aromatic heterocycles. The molecule has 2 atom stereocenters. The lowest BCUT2D eigenvalue weighted by atomic mass is 9.90. The van der Waals surface area contributed by atoms with E-state index in [0.29, 0.717) is 16.9 Å². The minimum atomic E-state index is -5.08. The number of amides is 1. The van der Waals surface area contributed by atoms with E-state index in [1.54, 1.807) is 18.2 Å². The fourth-order valence-corrected chi connectivity index (χ4v) is 4.15. The zero-order chi connectivity index (χ0) is 35.5. The Kier molecular flexibility index (Phi) is 13.2. The molecule has 2 unspecified atom stereocenters. The molecule has 12 nitrogen and oxygen atoms in total. The molecule has 3 aromatic rings. The molecule has 2 aromatic carbocycles. The van der Waals surface area contributed by atoms with Gasteiger partial charge in [-0.2, -0.15) is 26.3 Å². The van der Waals surface area contributed by atoms with E-state index in [9.17, 15) is 35.5 Å². The zero-order valence-electron chi connectivity index (χ0n) is 24.5. The highest BCUT2D eigenvalue weighted by Gasteiger charge is 2.39. The number of benzene rings is 2. The lowest BCUT2D eigenvalue weighted by Gasteiger charge is -2.30. The second kappa shape index (κ2) is 16.4. The molecule has 1 saturated carbocycles. The number of guanidine groups is 1. The van der Waals surface area contributed by atoms with Gasteiger partial charge in [0.25, 0.3) is 5.91 Å². The molecule has 0 bridgehead atoms. The highest BCUT2D eigenvalue weighted by Crippen LogP contribution is 2.28. The van der Waals surface area contributed by atoms with Gasteiger partial charge in [0.2, 0.25) is 5.82 Å². The van der Waals surface area contributed by atoms with E-state index in [-0.39, 0.29) is 36.2 Å². The van der Waals surface area contributed by atoms with Crippen LogP contribution in [0, 0.1) is 12.7 Å². The predicted molar refractivity (Wildman–Crippen MR) is 155 cm³/mol. The Hall–Kier alpha value is -5.23. The molecule has 4 rings (SSSR count). The fraction of sp³-hybridized carbons (Fsp3) is 0.357. The van der Waals surface area contributed by atoms with Crippen LogP contribution in [0.25, 0.3) is 10.9 Å². The van der Waals surface area contributed by atoms with Gasteiger partial charge in [-0.25, -0.2) is 28.9 Å². The van der Waals surface area contributed by atoms with Crippen molar-refractivity contribution in [2.75, 3.05) is 5.32 Å². The molecule has 8 N–H and O–H groups in total. The van der Waals surface area contributed by atoms with Gasteiger partial charge in [0, 0.05) is 17.5 Å². The van der Waals surface area contributed by atoms with Crippen molar-refractivity contribution in [3.63, 3.8) is 0 Å². The second-order valence-corrected chi connectivity index (χ2v) is 9.95. The number of nitrogens with one attached hydrogen (secondary N) is 2. The second-order valence-electron chi connectivity index (χ2n) is 9.95. The first-order valence-electron chi connectivity index (χ1n) is 13.5. The van der Waals surface area contributed by atoms with Crippen LogP contribution in [0.15, 0.2) is 47.5 Å². The smallest absolute Gasteiger partial charge is 0.475 e. The third kappa shape index (κ3) is 12.2. The van der Waals surface area contributed by atoms with Crippen molar-refractivity contribution in [2.24, 2.45) is 16.5 Å². The van der Waals surface area contributed by atoms with Crippen molar-refractivity contribution in [1.29, 1.82) is 0 Å². The normalized spacial score (nSPS) is 16.0. The Bertz CT molecular complexity index is 1570. The maximum Gasteiger partial charge on any atom is 0.490 e. The van der Waals surface area contributed by atoms with Crippen LogP contribution < -0.4 is 22.1 Å². The largest absolute Gasteiger partial charge is 0.490 e. The number of carboxylic acids is 2. The van der Waals surface area contributed by atoms with E-state index < -0.39 is 30.2 Å². The number of nitrogens with two attached hydrogens (primary N) is 2. The number of aliphatic carboxylic acids is 2. The maximum atomic E-state index is 13.9. The summed E-state index contributed by atoms with van der Waals surface area (Å²) in [6.07, 6.45) is -6.32. The first-order valence-corrected chi connectivity index (χ1v) is 13.5. The molecule has 19 heteroatoms. The summed E-state index contributed by atoms with van der Waals surface area (Å²) in [6, 6.07) is 12.0. The van der Waals surface area contributed by atoms with E-state index >= 15 is 0 Å². The molecule has 1 aliphatic carbocycles. The Morgan fingerprint density at radius 1 is 0.936 bits per heavy atom. The summed E-state index contributed by atoms with van der Waals surface area (Å²) < 4.78 is 77.4. The van der Waals surface area contributed by atoms with Crippen molar-refractivity contribution in [2.45, 2.75) is 63.6 Å². The van der Waals surface area contributed by atoms with Crippen molar-refractivity contribution in [3.8, 4) is 0 Å². The van der Waals surface area contributed by atoms with Crippen molar-refractivity contribution < 1.29 is 55.3 Å². The Morgan fingerprint density at radius 3 is 2.06 bits per heavy atom. The third-order valence-corrected chi connectivity index (χ3v) is 6.30. The van der Waals surface area contributed by atoms with E-state index in [0.717, 1.165) is 36.6 Å². The molecule has 0 saturated heterocycles.